The Hall–Kier alpha value is -2.81. The van der Waals surface area contributed by atoms with Crippen LogP contribution in [-0.4, -0.2) is 8.07 Å². The van der Waals surface area contributed by atoms with Crippen LogP contribution >= 0.6 is 0 Å². The van der Waals surface area contributed by atoms with Crippen LogP contribution in [0.3, 0.4) is 0 Å². The number of benzene rings is 4. The third kappa shape index (κ3) is 5.58. The zero-order valence-corrected chi connectivity index (χ0v) is 33.0. The van der Waals surface area contributed by atoms with Gasteiger partial charge in [0.05, 0.1) is 8.07 Å². The van der Waals surface area contributed by atoms with E-state index in [2.05, 4.69) is 152 Å². The summed E-state index contributed by atoms with van der Waals surface area (Å²) in [5, 5.41) is 8.65. The molecule has 0 bridgehead atoms. The zero-order chi connectivity index (χ0) is 29.1. The smallest absolute Gasteiger partial charge is 0.358 e. The van der Waals surface area contributed by atoms with Gasteiger partial charge in [-0.25, -0.2) is 0 Å². The Morgan fingerprint density at radius 2 is 0.841 bits per heavy atom. The van der Waals surface area contributed by atoms with Gasteiger partial charge in [0.2, 0.25) is 0 Å². The average Bonchev–Trinajstić information content (AvgIpc) is 3.57. The van der Waals surface area contributed by atoms with Crippen LogP contribution in [0.4, 0.5) is 0 Å². The molecule has 0 aliphatic carbocycles. The summed E-state index contributed by atoms with van der Waals surface area (Å²) in [6.07, 6.45) is 0. The molecule has 0 aliphatic heterocycles. The van der Waals surface area contributed by atoms with Gasteiger partial charge in [0.25, 0.3) is 0 Å². The van der Waals surface area contributed by atoms with Crippen LogP contribution in [0.15, 0.2) is 97.1 Å². The van der Waals surface area contributed by atoms with Crippen LogP contribution in [0.5, 0.6) is 0 Å². The molecule has 0 heterocycles. The first kappa shape index (κ1) is 35.7. The van der Waals surface area contributed by atoms with Gasteiger partial charge in [0.1, 0.15) is 0 Å². The van der Waals surface area contributed by atoms with Crippen LogP contribution in [0.2, 0.25) is 11.1 Å². The van der Waals surface area contributed by atoms with Gasteiger partial charge in [-0.05, 0) is 72.2 Å². The molecule has 6 rings (SSSR count). The van der Waals surface area contributed by atoms with E-state index in [0.717, 1.165) is 0 Å². The number of rotatable bonds is 6. The molecule has 0 aromatic heterocycles. The van der Waals surface area contributed by atoms with Crippen molar-refractivity contribution < 1.29 is 25.8 Å². The maximum absolute atomic E-state index is 2.57. The maximum Gasteiger partial charge on any atom is 4.00 e. The summed E-state index contributed by atoms with van der Waals surface area (Å²) in [4.78, 5) is 0. The van der Waals surface area contributed by atoms with Gasteiger partial charge in [-0.1, -0.05) is 87.4 Å². The fourth-order valence-electron chi connectivity index (χ4n) is 7.67. The predicted octanol–water partition coefficient (Wildman–Crippen LogP) is 11.3. The van der Waals surface area contributed by atoms with Gasteiger partial charge in [-0.3, -0.25) is 0 Å². The molecule has 0 nitrogen and oxygen atoms in total. The van der Waals surface area contributed by atoms with Crippen LogP contribution < -0.4 is 10.4 Å². The molecule has 0 atom stereocenters. The van der Waals surface area contributed by atoms with Gasteiger partial charge in [0.15, 0.2) is 0 Å². The molecule has 6 aromatic rings. The quantitative estimate of drug-likeness (QED) is 0.117. The Morgan fingerprint density at radius 3 is 1.20 bits per heavy atom. The van der Waals surface area contributed by atoms with E-state index >= 15 is 0 Å². The van der Waals surface area contributed by atoms with Crippen LogP contribution in [-0.2, 0) is 25.8 Å². The molecule has 44 heavy (non-hydrogen) atoms. The summed E-state index contributed by atoms with van der Waals surface area (Å²) >= 11 is 0. The second-order valence-corrected chi connectivity index (χ2v) is 18.0. The van der Waals surface area contributed by atoms with E-state index in [4.69, 9.17) is 0 Å². The van der Waals surface area contributed by atoms with Crippen LogP contribution in [0.25, 0.3) is 43.8 Å². The zero-order valence-electron chi connectivity index (χ0n) is 28.4. The van der Waals surface area contributed by atoms with Crippen LogP contribution in [0.1, 0.15) is 49.9 Å². The Labute approximate surface area is 287 Å². The van der Waals surface area contributed by atoms with E-state index < -0.39 is 8.07 Å². The van der Waals surface area contributed by atoms with Crippen molar-refractivity contribution in [3.63, 3.8) is 0 Å². The first-order chi connectivity index (χ1) is 19.6. The van der Waals surface area contributed by atoms with Crippen molar-refractivity contribution in [2.75, 3.05) is 0 Å². The third-order valence-corrected chi connectivity index (χ3v) is 16.2. The summed E-state index contributed by atoms with van der Waals surface area (Å²) in [5.41, 5.74) is 12.0. The Balaban J connectivity index is 0.00000176. The van der Waals surface area contributed by atoms with E-state index in [-0.39, 0.29) is 40.7 Å². The standard InChI is InChI=1S/C40H42Si.2CH3.Hf/c1-25(2)41(26(3)4,33-21-31-15-11-19-37(39(31)23-33)35-17-9-13-27(5)29(35)7)34-22-32-16-12-20-38(40(32)24-34)36-18-10-14-28(6)30(36)8;;;/h9-26H,1-8H3;2*1H3;/q-2;2*-1;+4. The summed E-state index contributed by atoms with van der Waals surface area (Å²) in [7, 11) is -2.17. The Bertz CT molecular complexity index is 1760. The topological polar surface area (TPSA) is 0 Å². The van der Waals surface area contributed by atoms with Crippen molar-refractivity contribution in [2.24, 2.45) is 0 Å². The molecule has 0 spiro atoms. The van der Waals surface area contributed by atoms with Gasteiger partial charge < -0.3 is 14.9 Å². The summed E-state index contributed by atoms with van der Waals surface area (Å²) < 4.78 is 0. The van der Waals surface area contributed by atoms with Crippen LogP contribution in [0, 0.1) is 42.5 Å². The number of hydrogen-bond donors (Lipinski definition) is 0. The van der Waals surface area contributed by atoms with E-state index in [9.17, 15) is 0 Å². The number of hydrogen-bond acceptors (Lipinski definition) is 0. The molecular formula is C42H48HfSi. The van der Waals surface area contributed by atoms with Crippen molar-refractivity contribution in [2.45, 2.75) is 66.5 Å². The number of fused-ring (bicyclic) bond motifs is 2. The molecular weight excluding hydrogens is 711 g/mol. The van der Waals surface area contributed by atoms with Gasteiger partial charge in [-0.2, -0.15) is 12.1 Å². The normalized spacial score (nSPS) is 11.5. The van der Waals surface area contributed by atoms with Gasteiger partial charge in [-0.15, -0.1) is 68.3 Å². The largest absolute Gasteiger partial charge is 4.00 e. The van der Waals surface area contributed by atoms with Gasteiger partial charge in [0, 0.05) is 0 Å². The molecule has 0 unspecified atom stereocenters. The minimum Gasteiger partial charge on any atom is -0.358 e. The van der Waals surface area contributed by atoms with Crippen molar-refractivity contribution in [3.8, 4) is 22.3 Å². The second kappa shape index (κ2) is 13.7. The average molecular weight is 759 g/mol. The molecule has 224 valence electrons. The summed E-state index contributed by atoms with van der Waals surface area (Å²) in [5.74, 6) is 0. The second-order valence-electron chi connectivity index (χ2n) is 12.8. The van der Waals surface area contributed by atoms with Crippen molar-refractivity contribution in [1.82, 2.24) is 0 Å². The van der Waals surface area contributed by atoms with E-state index in [1.165, 1.54) is 66.1 Å². The fraction of sp³-hybridized carbons (Fsp3) is 0.238. The Morgan fingerprint density at radius 1 is 0.500 bits per heavy atom. The molecule has 0 aliphatic rings. The summed E-state index contributed by atoms with van der Waals surface area (Å²) in [6.45, 7) is 18.8. The molecule has 0 saturated carbocycles. The predicted molar refractivity (Wildman–Crippen MR) is 197 cm³/mol. The van der Waals surface area contributed by atoms with Crippen molar-refractivity contribution in [3.05, 3.63) is 134 Å². The van der Waals surface area contributed by atoms with E-state index in [0.29, 0.717) is 11.1 Å². The molecule has 0 radical (unpaired) electrons. The van der Waals surface area contributed by atoms with E-state index in [1.807, 2.05) is 0 Å². The SMILES string of the molecule is Cc1cccc(-c2cccc3[cH-]c([Si](c4cc5c(-c6cccc(C)c6C)cccc5[cH-]4)(C(C)C)C(C)C)cc23)c1C.[CH3-].[CH3-].[Hf+4]. The van der Waals surface area contributed by atoms with Gasteiger partial charge >= 0.3 is 25.8 Å². The molecule has 0 N–H and O–H groups in total. The third-order valence-electron chi connectivity index (χ3n) is 10.1. The molecule has 2 heteroatoms. The van der Waals surface area contributed by atoms with E-state index in [1.54, 1.807) is 10.4 Å². The minimum atomic E-state index is -2.17. The van der Waals surface area contributed by atoms with Crippen molar-refractivity contribution in [1.29, 1.82) is 0 Å². The number of aryl methyl sites for hydroxylation is 2. The summed E-state index contributed by atoms with van der Waals surface area (Å²) in [6, 6.07) is 37.4. The molecule has 0 amide bonds. The van der Waals surface area contributed by atoms with Crippen molar-refractivity contribution >= 4 is 40.0 Å². The monoisotopic (exact) mass is 760 g/mol. The first-order valence-corrected chi connectivity index (χ1v) is 17.3. The minimum absolute atomic E-state index is 0. The first-order valence-electron chi connectivity index (χ1n) is 15.2. The Kier molecular flexibility index (Phi) is 11.1. The molecule has 0 fully saturated rings. The molecule has 6 aromatic carbocycles. The fourth-order valence-corrected chi connectivity index (χ4v) is 13.6. The maximum atomic E-state index is 2.57. The molecule has 0 saturated heterocycles.